The molecule has 1 N–H and O–H groups in total. The summed E-state index contributed by atoms with van der Waals surface area (Å²) >= 11 is 0. The number of nitrogens with zero attached hydrogens (tertiary/aromatic N) is 4. The first kappa shape index (κ1) is 17.8. The maximum Gasteiger partial charge on any atom is 0.266 e. The van der Waals surface area contributed by atoms with Gasteiger partial charge in [0.25, 0.3) is 5.56 Å². The third-order valence-electron chi connectivity index (χ3n) is 4.60. The zero-order chi connectivity index (χ0) is 17.8. The molecule has 1 aliphatic rings. The third-order valence-corrected chi connectivity index (χ3v) is 4.60. The highest BCUT2D eigenvalue weighted by Gasteiger charge is 2.21. The predicted molar refractivity (Wildman–Crippen MR) is 97.2 cm³/mol. The predicted octanol–water partition coefficient (Wildman–Crippen LogP) is 0.631. The van der Waals surface area contributed by atoms with Gasteiger partial charge in [-0.15, -0.1) is 0 Å². The number of rotatable bonds is 6. The topological polar surface area (TPSA) is 61.6 Å². The highest BCUT2D eigenvalue weighted by Crippen LogP contribution is 2.15. The van der Waals surface area contributed by atoms with Gasteiger partial charge in [0, 0.05) is 52.3 Å². The largest absolute Gasteiger partial charge is 0.390 e. The number of hydrogen-bond donors (Lipinski definition) is 1. The molecule has 3 rings (SSSR count). The summed E-state index contributed by atoms with van der Waals surface area (Å²) in [5.41, 5.74) is 3.14. The van der Waals surface area contributed by atoms with Gasteiger partial charge in [-0.05, 0) is 18.2 Å². The number of aliphatic hydroxyl groups is 1. The van der Waals surface area contributed by atoms with Crippen LogP contribution in [0.5, 0.6) is 0 Å². The lowest BCUT2D eigenvalue weighted by molar-refractivity contribution is 0.0745. The fourth-order valence-corrected chi connectivity index (χ4v) is 3.38. The van der Waals surface area contributed by atoms with E-state index >= 15 is 0 Å². The van der Waals surface area contributed by atoms with Crippen molar-refractivity contribution in [1.82, 2.24) is 19.6 Å². The summed E-state index contributed by atoms with van der Waals surface area (Å²) in [6.45, 7) is 3.58. The van der Waals surface area contributed by atoms with Gasteiger partial charge in [0.2, 0.25) is 0 Å². The number of aromatic nitrogens is 2. The van der Waals surface area contributed by atoms with Gasteiger partial charge in [-0.1, -0.05) is 30.3 Å². The number of β-amino-alcohol motifs (C(OH)–C–C–N with tert-alkyl or cyclic N) is 1. The van der Waals surface area contributed by atoms with Crippen LogP contribution in [-0.4, -0.2) is 57.5 Å². The zero-order valence-electron chi connectivity index (χ0n) is 14.9. The highest BCUT2D eigenvalue weighted by molar-refractivity contribution is 5.20. The van der Waals surface area contributed by atoms with Crippen molar-refractivity contribution in [3.8, 4) is 0 Å². The van der Waals surface area contributed by atoms with Crippen LogP contribution in [-0.2, 0) is 26.6 Å². The standard InChI is InChI=1S/C19H26N4O2/c1-21(11-15-6-4-3-5-7-15)13-17(24)14-23-9-8-18-16(12-23)10-19(25)22(2)20-18/h3-7,10,17,24H,8-9,11-14H2,1-2H3/t17-/m1/s1. The fourth-order valence-electron chi connectivity index (χ4n) is 3.38. The minimum atomic E-state index is -0.422. The Hall–Kier alpha value is -2.02. The van der Waals surface area contributed by atoms with Gasteiger partial charge in [0.1, 0.15) is 0 Å². The summed E-state index contributed by atoms with van der Waals surface area (Å²) in [5, 5.41) is 14.8. The van der Waals surface area contributed by atoms with Crippen molar-refractivity contribution in [2.75, 3.05) is 26.7 Å². The maximum atomic E-state index is 11.8. The van der Waals surface area contributed by atoms with E-state index in [1.165, 1.54) is 10.2 Å². The molecule has 0 saturated carbocycles. The van der Waals surface area contributed by atoms with E-state index in [-0.39, 0.29) is 5.56 Å². The molecule has 0 saturated heterocycles. The second-order valence-electron chi connectivity index (χ2n) is 6.90. The van der Waals surface area contributed by atoms with Crippen molar-refractivity contribution in [1.29, 1.82) is 0 Å². The van der Waals surface area contributed by atoms with Crippen LogP contribution in [0, 0.1) is 0 Å². The monoisotopic (exact) mass is 342 g/mol. The second kappa shape index (κ2) is 7.91. The van der Waals surface area contributed by atoms with E-state index in [2.05, 4.69) is 27.0 Å². The molecule has 2 aromatic rings. The Balaban J connectivity index is 1.52. The Bertz CT molecular complexity index is 760. The molecule has 0 fully saturated rings. The quantitative estimate of drug-likeness (QED) is 0.834. The second-order valence-corrected chi connectivity index (χ2v) is 6.90. The Labute approximate surface area is 148 Å². The van der Waals surface area contributed by atoms with Gasteiger partial charge in [-0.2, -0.15) is 5.10 Å². The molecule has 0 aliphatic carbocycles. The molecule has 0 unspecified atom stereocenters. The van der Waals surface area contributed by atoms with Crippen molar-refractivity contribution in [3.05, 3.63) is 63.6 Å². The van der Waals surface area contributed by atoms with Gasteiger partial charge in [-0.3, -0.25) is 14.6 Å². The first-order valence-corrected chi connectivity index (χ1v) is 8.70. The van der Waals surface area contributed by atoms with Crippen LogP contribution >= 0.6 is 0 Å². The van der Waals surface area contributed by atoms with Crippen LogP contribution in [0.3, 0.4) is 0 Å². The average Bonchev–Trinajstić information content (AvgIpc) is 2.57. The van der Waals surface area contributed by atoms with Crippen LogP contribution in [0.1, 0.15) is 16.8 Å². The molecule has 2 heterocycles. The van der Waals surface area contributed by atoms with Crippen molar-refractivity contribution in [2.45, 2.75) is 25.6 Å². The molecule has 1 aromatic heterocycles. The number of likely N-dealkylation sites (N-methyl/N-ethyl adjacent to an activating group) is 1. The minimum Gasteiger partial charge on any atom is -0.390 e. The van der Waals surface area contributed by atoms with E-state index < -0.39 is 6.10 Å². The van der Waals surface area contributed by atoms with E-state index in [4.69, 9.17) is 0 Å². The molecular formula is C19H26N4O2. The highest BCUT2D eigenvalue weighted by atomic mass is 16.3. The van der Waals surface area contributed by atoms with Crippen LogP contribution in [0.25, 0.3) is 0 Å². The van der Waals surface area contributed by atoms with E-state index in [1.54, 1.807) is 13.1 Å². The molecule has 1 atom stereocenters. The fraction of sp³-hybridized carbons (Fsp3) is 0.474. The van der Waals surface area contributed by atoms with Crippen molar-refractivity contribution in [2.24, 2.45) is 7.05 Å². The van der Waals surface area contributed by atoms with Gasteiger partial charge >= 0.3 is 0 Å². The van der Waals surface area contributed by atoms with E-state index in [0.29, 0.717) is 19.6 Å². The molecule has 0 bridgehead atoms. The van der Waals surface area contributed by atoms with E-state index in [9.17, 15) is 9.90 Å². The van der Waals surface area contributed by atoms with Crippen molar-refractivity contribution in [3.63, 3.8) is 0 Å². The van der Waals surface area contributed by atoms with Gasteiger partial charge < -0.3 is 5.11 Å². The average molecular weight is 342 g/mol. The molecule has 1 aliphatic heterocycles. The number of aryl methyl sites for hydroxylation is 1. The van der Waals surface area contributed by atoms with E-state index in [0.717, 1.165) is 30.8 Å². The first-order chi connectivity index (χ1) is 12.0. The van der Waals surface area contributed by atoms with Crippen molar-refractivity contribution < 1.29 is 5.11 Å². The van der Waals surface area contributed by atoms with Crippen LogP contribution in [0.2, 0.25) is 0 Å². The summed E-state index contributed by atoms with van der Waals surface area (Å²) in [7, 11) is 3.71. The third kappa shape index (κ3) is 4.75. The molecule has 1 aromatic carbocycles. The molecule has 0 spiro atoms. The normalized spacial score (nSPS) is 16.0. The van der Waals surface area contributed by atoms with Crippen molar-refractivity contribution >= 4 is 0 Å². The molecule has 134 valence electrons. The Morgan fingerprint density at radius 3 is 2.84 bits per heavy atom. The smallest absolute Gasteiger partial charge is 0.266 e. The molecular weight excluding hydrogens is 316 g/mol. The lowest BCUT2D eigenvalue weighted by Crippen LogP contribution is -2.42. The number of fused-ring (bicyclic) bond motifs is 1. The Kier molecular flexibility index (Phi) is 5.63. The number of benzene rings is 1. The lowest BCUT2D eigenvalue weighted by atomic mass is 10.1. The zero-order valence-corrected chi connectivity index (χ0v) is 14.9. The SMILES string of the molecule is CN(Cc1ccccc1)C[C@@H](O)CN1CCc2nn(C)c(=O)cc2C1. The van der Waals surface area contributed by atoms with Gasteiger partial charge in [0.05, 0.1) is 11.8 Å². The summed E-state index contributed by atoms with van der Waals surface area (Å²) in [6, 6.07) is 11.9. The van der Waals surface area contributed by atoms with Crippen LogP contribution in [0.4, 0.5) is 0 Å². The Morgan fingerprint density at radius 2 is 2.08 bits per heavy atom. The van der Waals surface area contributed by atoms with Gasteiger partial charge in [0.15, 0.2) is 0 Å². The summed E-state index contributed by atoms with van der Waals surface area (Å²) in [6.07, 6.45) is 0.394. The molecule has 6 nitrogen and oxygen atoms in total. The Morgan fingerprint density at radius 1 is 1.32 bits per heavy atom. The minimum absolute atomic E-state index is 0.0799. The first-order valence-electron chi connectivity index (χ1n) is 8.70. The number of aliphatic hydroxyl groups excluding tert-OH is 1. The number of hydrogen-bond acceptors (Lipinski definition) is 5. The lowest BCUT2D eigenvalue weighted by Gasteiger charge is -2.31. The molecule has 0 radical (unpaired) electrons. The van der Waals surface area contributed by atoms with E-state index in [1.807, 2.05) is 25.2 Å². The summed E-state index contributed by atoms with van der Waals surface area (Å²) < 4.78 is 1.39. The molecule has 25 heavy (non-hydrogen) atoms. The summed E-state index contributed by atoms with van der Waals surface area (Å²) in [5.74, 6) is 0. The molecule has 6 heteroatoms. The summed E-state index contributed by atoms with van der Waals surface area (Å²) in [4.78, 5) is 16.1. The van der Waals surface area contributed by atoms with Crippen LogP contribution in [0.15, 0.2) is 41.2 Å². The van der Waals surface area contributed by atoms with Crippen LogP contribution < -0.4 is 5.56 Å². The maximum absolute atomic E-state index is 11.8. The molecule has 0 amide bonds. The van der Waals surface area contributed by atoms with Gasteiger partial charge in [-0.25, -0.2) is 4.68 Å².